The number of rotatable bonds is 6. The standard InChI is InChI=1S/C13H15N3O3S/c1-9(10-3-2-8-20-10)16-11(6-7-14-16)15-12(17)4-5-13(18)19/h2-3,6-9H,4-5H2,1H3,(H,15,17)(H,18,19)/p-1/t9-/m0/s1. The number of anilines is 1. The normalized spacial score (nSPS) is 12.1. The number of thiophene rings is 1. The number of hydrogen-bond acceptors (Lipinski definition) is 5. The van der Waals surface area contributed by atoms with Crippen LogP contribution < -0.4 is 10.4 Å². The van der Waals surface area contributed by atoms with Gasteiger partial charge in [-0.15, -0.1) is 11.3 Å². The number of carbonyl (C=O) groups excluding carboxylic acids is 2. The highest BCUT2D eigenvalue weighted by molar-refractivity contribution is 7.10. The number of aliphatic carboxylic acids is 1. The van der Waals surface area contributed by atoms with Gasteiger partial charge in [0.1, 0.15) is 5.82 Å². The summed E-state index contributed by atoms with van der Waals surface area (Å²) < 4.78 is 1.70. The lowest BCUT2D eigenvalue weighted by Gasteiger charge is -2.14. The second-order valence-corrected chi connectivity index (χ2v) is 5.25. The first-order valence-electron chi connectivity index (χ1n) is 6.14. The monoisotopic (exact) mass is 292 g/mol. The van der Waals surface area contributed by atoms with Crippen molar-refractivity contribution in [3.05, 3.63) is 34.7 Å². The lowest BCUT2D eigenvalue weighted by atomic mass is 10.3. The summed E-state index contributed by atoms with van der Waals surface area (Å²) in [4.78, 5) is 23.1. The van der Waals surface area contributed by atoms with Gasteiger partial charge < -0.3 is 15.2 Å². The maximum atomic E-state index is 11.6. The molecule has 0 aromatic carbocycles. The van der Waals surface area contributed by atoms with E-state index >= 15 is 0 Å². The quantitative estimate of drug-likeness (QED) is 0.861. The number of carboxylic acid groups (broad SMARTS) is 1. The third kappa shape index (κ3) is 3.45. The van der Waals surface area contributed by atoms with Crippen molar-refractivity contribution in [2.45, 2.75) is 25.8 Å². The Morgan fingerprint density at radius 3 is 2.90 bits per heavy atom. The van der Waals surface area contributed by atoms with Crippen molar-refractivity contribution in [2.75, 3.05) is 5.32 Å². The van der Waals surface area contributed by atoms with Crippen LogP contribution in [-0.4, -0.2) is 21.7 Å². The summed E-state index contributed by atoms with van der Waals surface area (Å²) in [5.74, 6) is -1.05. The van der Waals surface area contributed by atoms with Crippen molar-refractivity contribution in [2.24, 2.45) is 0 Å². The molecule has 0 bridgehead atoms. The van der Waals surface area contributed by atoms with E-state index in [4.69, 9.17) is 0 Å². The molecule has 0 aliphatic carbocycles. The summed E-state index contributed by atoms with van der Waals surface area (Å²) in [6.07, 6.45) is 1.19. The van der Waals surface area contributed by atoms with Crippen LogP contribution in [0.5, 0.6) is 0 Å². The van der Waals surface area contributed by atoms with E-state index in [1.54, 1.807) is 28.3 Å². The summed E-state index contributed by atoms with van der Waals surface area (Å²) in [6.45, 7) is 1.98. The minimum Gasteiger partial charge on any atom is -0.550 e. The highest BCUT2D eigenvalue weighted by Gasteiger charge is 2.14. The van der Waals surface area contributed by atoms with Crippen molar-refractivity contribution in [1.82, 2.24) is 9.78 Å². The molecule has 7 heteroatoms. The number of hydrogen-bond donors (Lipinski definition) is 1. The molecule has 1 N–H and O–H groups in total. The van der Waals surface area contributed by atoms with Gasteiger partial charge in [0.05, 0.1) is 12.2 Å². The summed E-state index contributed by atoms with van der Waals surface area (Å²) >= 11 is 1.61. The number of carboxylic acids is 1. The Balaban J connectivity index is 2.05. The fraction of sp³-hybridized carbons (Fsp3) is 0.308. The first-order valence-corrected chi connectivity index (χ1v) is 7.02. The minimum atomic E-state index is -1.24. The van der Waals surface area contributed by atoms with Crippen LogP contribution in [0.25, 0.3) is 0 Å². The number of nitrogens with one attached hydrogen (secondary N) is 1. The van der Waals surface area contributed by atoms with Gasteiger partial charge in [-0.2, -0.15) is 5.10 Å². The molecule has 0 saturated heterocycles. The van der Waals surface area contributed by atoms with Gasteiger partial charge in [-0.05, 0) is 24.8 Å². The molecular weight excluding hydrogens is 278 g/mol. The Morgan fingerprint density at radius 1 is 1.45 bits per heavy atom. The smallest absolute Gasteiger partial charge is 0.225 e. The lowest BCUT2D eigenvalue weighted by molar-refractivity contribution is -0.305. The molecule has 20 heavy (non-hydrogen) atoms. The van der Waals surface area contributed by atoms with Crippen LogP contribution in [0.1, 0.15) is 30.7 Å². The molecule has 1 atom stereocenters. The zero-order chi connectivity index (χ0) is 14.5. The first kappa shape index (κ1) is 14.3. The maximum absolute atomic E-state index is 11.6. The SMILES string of the molecule is C[C@@H](c1cccs1)n1nccc1NC(=O)CCC(=O)[O-]. The maximum Gasteiger partial charge on any atom is 0.225 e. The predicted octanol–water partition coefficient (Wildman–Crippen LogP) is 1.02. The average Bonchev–Trinajstić information content (AvgIpc) is 3.06. The lowest BCUT2D eigenvalue weighted by Crippen LogP contribution is -2.25. The van der Waals surface area contributed by atoms with E-state index < -0.39 is 5.97 Å². The Bertz CT molecular complexity index is 592. The Labute approximate surface area is 120 Å². The molecule has 2 rings (SSSR count). The molecule has 2 aromatic heterocycles. The summed E-state index contributed by atoms with van der Waals surface area (Å²) in [6, 6.07) is 5.64. The van der Waals surface area contributed by atoms with E-state index in [9.17, 15) is 14.7 Å². The van der Waals surface area contributed by atoms with Gasteiger partial charge in [-0.1, -0.05) is 6.07 Å². The van der Waals surface area contributed by atoms with E-state index in [0.717, 1.165) is 4.88 Å². The fourth-order valence-corrected chi connectivity index (χ4v) is 2.56. The van der Waals surface area contributed by atoms with Crippen molar-refractivity contribution >= 4 is 29.0 Å². The van der Waals surface area contributed by atoms with E-state index in [2.05, 4.69) is 10.4 Å². The number of amides is 1. The molecule has 0 spiro atoms. The molecule has 0 saturated carbocycles. The zero-order valence-corrected chi connectivity index (χ0v) is 11.7. The van der Waals surface area contributed by atoms with Crippen LogP contribution >= 0.6 is 11.3 Å². The molecule has 0 aliphatic heterocycles. The number of carbonyl (C=O) groups is 2. The Kier molecular flexibility index (Phi) is 4.52. The molecule has 0 radical (unpaired) electrons. The third-order valence-corrected chi connectivity index (χ3v) is 3.86. The molecule has 106 valence electrons. The Hall–Kier alpha value is -2.15. The molecule has 0 fully saturated rings. The van der Waals surface area contributed by atoms with Gasteiger partial charge in [0, 0.05) is 23.3 Å². The van der Waals surface area contributed by atoms with Crippen molar-refractivity contribution < 1.29 is 14.7 Å². The molecule has 2 aromatic rings. The largest absolute Gasteiger partial charge is 0.550 e. The van der Waals surface area contributed by atoms with E-state index in [1.807, 2.05) is 24.4 Å². The van der Waals surface area contributed by atoms with Gasteiger partial charge in [-0.25, -0.2) is 4.68 Å². The fourth-order valence-electron chi connectivity index (χ4n) is 1.79. The molecule has 6 nitrogen and oxygen atoms in total. The molecule has 0 aliphatic rings. The van der Waals surface area contributed by atoms with Crippen LogP contribution in [0.3, 0.4) is 0 Å². The van der Waals surface area contributed by atoms with Crippen molar-refractivity contribution in [1.29, 1.82) is 0 Å². The molecular formula is C13H14N3O3S-. The van der Waals surface area contributed by atoms with Crippen LogP contribution in [-0.2, 0) is 9.59 Å². The summed E-state index contributed by atoms with van der Waals surface area (Å²) in [5.41, 5.74) is 0. The highest BCUT2D eigenvalue weighted by atomic mass is 32.1. The van der Waals surface area contributed by atoms with Gasteiger partial charge in [-0.3, -0.25) is 4.79 Å². The third-order valence-electron chi connectivity index (χ3n) is 2.82. The molecule has 1 amide bonds. The summed E-state index contributed by atoms with van der Waals surface area (Å²) in [7, 11) is 0. The van der Waals surface area contributed by atoms with Gasteiger partial charge in [0.15, 0.2) is 0 Å². The van der Waals surface area contributed by atoms with Gasteiger partial charge in [0.25, 0.3) is 0 Å². The Morgan fingerprint density at radius 2 is 2.25 bits per heavy atom. The highest BCUT2D eigenvalue weighted by Crippen LogP contribution is 2.25. The van der Waals surface area contributed by atoms with Crippen molar-refractivity contribution in [3.8, 4) is 0 Å². The topological polar surface area (TPSA) is 87.0 Å². The molecule has 2 heterocycles. The molecule has 0 unspecified atom stereocenters. The van der Waals surface area contributed by atoms with Crippen LogP contribution in [0.2, 0.25) is 0 Å². The van der Waals surface area contributed by atoms with E-state index in [-0.39, 0.29) is 24.8 Å². The summed E-state index contributed by atoms with van der Waals surface area (Å²) in [5, 5.41) is 19.2. The second kappa shape index (κ2) is 6.33. The van der Waals surface area contributed by atoms with Crippen molar-refractivity contribution in [3.63, 3.8) is 0 Å². The second-order valence-electron chi connectivity index (χ2n) is 4.27. The zero-order valence-electron chi connectivity index (χ0n) is 10.9. The average molecular weight is 292 g/mol. The van der Waals surface area contributed by atoms with Crippen LogP contribution in [0.4, 0.5) is 5.82 Å². The number of nitrogens with zero attached hydrogens (tertiary/aromatic N) is 2. The predicted molar refractivity (Wildman–Crippen MR) is 73.2 cm³/mol. The van der Waals surface area contributed by atoms with Gasteiger partial charge in [0.2, 0.25) is 5.91 Å². The van der Waals surface area contributed by atoms with E-state index in [1.165, 1.54) is 0 Å². The minimum absolute atomic E-state index is 0.00133. The van der Waals surface area contributed by atoms with Crippen LogP contribution in [0.15, 0.2) is 29.8 Å². The van der Waals surface area contributed by atoms with Gasteiger partial charge >= 0.3 is 0 Å². The van der Waals surface area contributed by atoms with Crippen LogP contribution in [0, 0.1) is 0 Å². The number of aromatic nitrogens is 2. The first-order chi connectivity index (χ1) is 9.58. The van der Waals surface area contributed by atoms with E-state index in [0.29, 0.717) is 5.82 Å².